The Bertz CT molecular complexity index is 301. The van der Waals surface area contributed by atoms with Crippen molar-refractivity contribution in [1.82, 2.24) is 0 Å². The largest absolute Gasteiger partial charge is 0.378 e. The standard InChI is InChI=1S/C14H22O3/c15-13(7-3-1-4-8-13)11-12-14(17-16)9-5-2-6-10-14/h15-16H,1-10H2. The van der Waals surface area contributed by atoms with E-state index in [1.165, 1.54) is 12.8 Å². The fraction of sp³-hybridized carbons (Fsp3) is 0.857. The van der Waals surface area contributed by atoms with Gasteiger partial charge in [-0.05, 0) is 51.4 Å². The van der Waals surface area contributed by atoms with Gasteiger partial charge in [-0.1, -0.05) is 24.7 Å². The summed E-state index contributed by atoms with van der Waals surface area (Å²) in [5.41, 5.74) is -1.56. The monoisotopic (exact) mass is 238 g/mol. The molecule has 3 nitrogen and oxygen atoms in total. The molecular formula is C14H22O3. The van der Waals surface area contributed by atoms with Crippen LogP contribution >= 0.6 is 0 Å². The van der Waals surface area contributed by atoms with E-state index in [-0.39, 0.29) is 0 Å². The minimum Gasteiger partial charge on any atom is -0.378 e. The van der Waals surface area contributed by atoms with Crippen molar-refractivity contribution in [3.63, 3.8) is 0 Å². The van der Waals surface area contributed by atoms with Crippen LogP contribution in [-0.4, -0.2) is 21.6 Å². The molecule has 0 unspecified atom stereocenters. The predicted molar refractivity (Wildman–Crippen MR) is 65.3 cm³/mol. The lowest BCUT2D eigenvalue weighted by atomic mass is 9.82. The maximum atomic E-state index is 10.3. The molecule has 2 saturated carbocycles. The van der Waals surface area contributed by atoms with Crippen molar-refractivity contribution in [2.24, 2.45) is 0 Å². The molecule has 0 aromatic rings. The Morgan fingerprint density at radius 3 is 1.82 bits per heavy atom. The van der Waals surface area contributed by atoms with Crippen molar-refractivity contribution in [2.45, 2.75) is 75.4 Å². The molecule has 0 radical (unpaired) electrons. The highest BCUT2D eigenvalue weighted by Gasteiger charge is 2.33. The summed E-state index contributed by atoms with van der Waals surface area (Å²) >= 11 is 0. The minimum absolute atomic E-state index is 0.717. The first kappa shape index (κ1) is 12.9. The van der Waals surface area contributed by atoms with Gasteiger partial charge in [0.15, 0.2) is 5.60 Å². The van der Waals surface area contributed by atoms with Crippen LogP contribution in [0, 0.1) is 11.8 Å². The molecule has 0 spiro atoms. The summed E-state index contributed by atoms with van der Waals surface area (Å²) in [7, 11) is 0. The van der Waals surface area contributed by atoms with E-state index >= 15 is 0 Å². The Morgan fingerprint density at radius 2 is 1.29 bits per heavy atom. The van der Waals surface area contributed by atoms with E-state index in [2.05, 4.69) is 16.7 Å². The summed E-state index contributed by atoms with van der Waals surface area (Å²) in [5, 5.41) is 19.4. The van der Waals surface area contributed by atoms with E-state index in [1.54, 1.807) is 0 Å². The molecule has 0 amide bonds. The molecule has 96 valence electrons. The number of hydrogen-bond donors (Lipinski definition) is 2. The van der Waals surface area contributed by atoms with Gasteiger partial charge in [0.1, 0.15) is 5.60 Å². The van der Waals surface area contributed by atoms with Gasteiger partial charge in [-0.15, -0.1) is 0 Å². The molecule has 0 aliphatic heterocycles. The average molecular weight is 238 g/mol. The molecule has 2 aliphatic carbocycles. The van der Waals surface area contributed by atoms with E-state index in [9.17, 15) is 5.11 Å². The second-order valence-electron chi connectivity index (χ2n) is 5.49. The van der Waals surface area contributed by atoms with Crippen molar-refractivity contribution >= 4 is 0 Å². The Labute approximate surface area is 103 Å². The van der Waals surface area contributed by atoms with Gasteiger partial charge < -0.3 is 5.11 Å². The lowest BCUT2D eigenvalue weighted by Gasteiger charge is -2.31. The van der Waals surface area contributed by atoms with Crippen molar-refractivity contribution in [1.29, 1.82) is 0 Å². The molecule has 0 heterocycles. The summed E-state index contributed by atoms with van der Waals surface area (Å²) in [6, 6.07) is 0. The summed E-state index contributed by atoms with van der Waals surface area (Å²) in [4.78, 5) is 4.63. The van der Waals surface area contributed by atoms with Gasteiger partial charge in [-0.3, -0.25) is 5.26 Å². The molecule has 0 aromatic heterocycles. The fourth-order valence-corrected chi connectivity index (χ4v) is 2.85. The topological polar surface area (TPSA) is 49.7 Å². The highest BCUT2D eigenvalue weighted by molar-refractivity contribution is 5.22. The molecule has 0 aromatic carbocycles. The van der Waals surface area contributed by atoms with Crippen LogP contribution in [0.2, 0.25) is 0 Å². The Morgan fingerprint density at radius 1 is 0.765 bits per heavy atom. The molecule has 0 bridgehead atoms. The van der Waals surface area contributed by atoms with Crippen LogP contribution in [-0.2, 0) is 4.89 Å². The molecule has 0 atom stereocenters. The van der Waals surface area contributed by atoms with Crippen LogP contribution in [0.1, 0.15) is 64.2 Å². The third-order valence-corrected chi connectivity index (χ3v) is 4.04. The first-order chi connectivity index (χ1) is 8.18. The van der Waals surface area contributed by atoms with E-state index < -0.39 is 11.2 Å². The Kier molecular flexibility index (Phi) is 4.09. The van der Waals surface area contributed by atoms with Crippen LogP contribution < -0.4 is 0 Å². The van der Waals surface area contributed by atoms with Crippen molar-refractivity contribution in [3.05, 3.63) is 0 Å². The summed E-state index contributed by atoms with van der Waals surface area (Å²) < 4.78 is 0. The summed E-state index contributed by atoms with van der Waals surface area (Å²) in [5.74, 6) is 6.00. The van der Waals surface area contributed by atoms with E-state index in [1.807, 2.05) is 0 Å². The normalized spacial score (nSPS) is 26.9. The van der Waals surface area contributed by atoms with Crippen LogP contribution in [0.5, 0.6) is 0 Å². The summed E-state index contributed by atoms with van der Waals surface area (Å²) in [6.07, 6.45) is 9.56. The van der Waals surface area contributed by atoms with Gasteiger partial charge in [-0.25, -0.2) is 4.89 Å². The molecule has 3 heteroatoms. The van der Waals surface area contributed by atoms with Gasteiger partial charge in [0.2, 0.25) is 0 Å². The Balaban J connectivity index is 2.06. The highest BCUT2D eigenvalue weighted by Crippen LogP contribution is 2.32. The SMILES string of the molecule is OOC1(C#CC2(O)CCCCC2)CCCCC1. The van der Waals surface area contributed by atoms with Crippen molar-refractivity contribution < 1.29 is 15.3 Å². The summed E-state index contributed by atoms with van der Waals surface area (Å²) in [6.45, 7) is 0. The predicted octanol–water partition coefficient (Wildman–Crippen LogP) is 2.88. The maximum absolute atomic E-state index is 10.3. The van der Waals surface area contributed by atoms with E-state index in [0.717, 1.165) is 51.4 Å². The van der Waals surface area contributed by atoms with Gasteiger partial charge in [0.05, 0.1) is 0 Å². The van der Waals surface area contributed by atoms with Crippen LogP contribution in [0.25, 0.3) is 0 Å². The lowest BCUT2D eigenvalue weighted by Crippen LogP contribution is -2.35. The Hall–Kier alpha value is -0.560. The number of rotatable bonds is 1. The maximum Gasteiger partial charge on any atom is 0.163 e. The molecule has 0 saturated heterocycles. The number of hydrogen-bond acceptors (Lipinski definition) is 3. The van der Waals surface area contributed by atoms with Crippen LogP contribution in [0.4, 0.5) is 0 Å². The second-order valence-corrected chi connectivity index (χ2v) is 5.49. The van der Waals surface area contributed by atoms with Gasteiger partial charge in [-0.2, -0.15) is 0 Å². The van der Waals surface area contributed by atoms with Crippen LogP contribution in [0.3, 0.4) is 0 Å². The smallest absolute Gasteiger partial charge is 0.163 e. The third kappa shape index (κ3) is 3.22. The fourth-order valence-electron chi connectivity index (χ4n) is 2.85. The first-order valence-corrected chi connectivity index (χ1v) is 6.77. The molecule has 2 rings (SSSR count). The van der Waals surface area contributed by atoms with E-state index in [0.29, 0.717) is 0 Å². The first-order valence-electron chi connectivity index (χ1n) is 6.77. The zero-order valence-corrected chi connectivity index (χ0v) is 10.4. The highest BCUT2D eigenvalue weighted by atomic mass is 17.1. The third-order valence-electron chi connectivity index (χ3n) is 4.04. The van der Waals surface area contributed by atoms with Gasteiger partial charge in [0, 0.05) is 0 Å². The quantitative estimate of drug-likeness (QED) is 0.419. The van der Waals surface area contributed by atoms with E-state index in [4.69, 9.17) is 5.26 Å². The molecule has 17 heavy (non-hydrogen) atoms. The zero-order chi connectivity index (χ0) is 12.2. The average Bonchev–Trinajstić information content (AvgIpc) is 2.39. The van der Waals surface area contributed by atoms with Gasteiger partial charge in [0.25, 0.3) is 0 Å². The van der Waals surface area contributed by atoms with Crippen LogP contribution in [0.15, 0.2) is 0 Å². The minimum atomic E-state index is -0.846. The lowest BCUT2D eigenvalue weighted by molar-refractivity contribution is -0.310. The van der Waals surface area contributed by atoms with Gasteiger partial charge >= 0.3 is 0 Å². The molecular weight excluding hydrogens is 216 g/mol. The number of aliphatic hydroxyl groups is 1. The molecule has 2 fully saturated rings. The van der Waals surface area contributed by atoms with Crippen molar-refractivity contribution in [3.8, 4) is 11.8 Å². The van der Waals surface area contributed by atoms with Crippen molar-refractivity contribution in [2.75, 3.05) is 0 Å². The second kappa shape index (κ2) is 5.39. The molecule has 2 N–H and O–H groups in total. The molecule has 2 aliphatic rings. The zero-order valence-electron chi connectivity index (χ0n) is 10.4.